The number of aromatic nitrogens is 2. The van der Waals surface area contributed by atoms with Crippen molar-refractivity contribution in [2.24, 2.45) is 0 Å². The molecule has 0 atom stereocenters. The maximum atomic E-state index is 13.2. The zero-order valence-electron chi connectivity index (χ0n) is 18.4. The standard InChI is InChI=1S/C26H23FN4O3/c27-20-8-6-19(7-9-20)23-17-30-26(34-23)22-4-2-1-3-21(22)25(32)29-16-18-5-10-24(28-15-18)31-11-13-33-14-12-31/h1-10,15,17H,11-14,16H2,(H,29,32). The first-order valence-corrected chi connectivity index (χ1v) is 11.0. The number of halogens is 1. The smallest absolute Gasteiger partial charge is 0.252 e. The molecule has 4 aromatic rings. The highest BCUT2D eigenvalue weighted by molar-refractivity contribution is 6.00. The maximum absolute atomic E-state index is 13.2. The second kappa shape index (κ2) is 9.84. The lowest BCUT2D eigenvalue weighted by Gasteiger charge is -2.27. The van der Waals surface area contributed by atoms with Crippen molar-refractivity contribution in [1.82, 2.24) is 15.3 Å². The molecule has 1 N–H and O–H groups in total. The summed E-state index contributed by atoms with van der Waals surface area (Å²) in [5, 5.41) is 2.95. The third-order valence-electron chi connectivity index (χ3n) is 5.63. The molecule has 1 amide bonds. The van der Waals surface area contributed by atoms with Crippen molar-refractivity contribution >= 4 is 11.7 Å². The molecule has 0 spiro atoms. The van der Waals surface area contributed by atoms with Gasteiger partial charge in [0.25, 0.3) is 5.91 Å². The molecule has 7 nitrogen and oxygen atoms in total. The first kappa shape index (κ1) is 21.8. The van der Waals surface area contributed by atoms with E-state index in [0.717, 1.165) is 24.5 Å². The number of ether oxygens (including phenoxy) is 1. The molecule has 0 radical (unpaired) electrons. The minimum Gasteiger partial charge on any atom is -0.436 e. The fourth-order valence-corrected chi connectivity index (χ4v) is 3.79. The molecule has 0 aliphatic carbocycles. The van der Waals surface area contributed by atoms with E-state index >= 15 is 0 Å². The summed E-state index contributed by atoms with van der Waals surface area (Å²) in [5.74, 6) is 1.16. The lowest BCUT2D eigenvalue weighted by atomic mass is 10.1. The molecule has 1 fully saturated rings. The topological polar surface area (TPSA) is 80.5 Å². The second-order valence-electron chi connectivity index (χ2n) is 7.89. The fourth-order valence-electron chi connectivity index (χ4n) is 3.79. The van der Waals surface area contributed by atoms with Gasteiger partial charge in [-0.15, -0.1) is 0 Å². The highest BCUT2D eigenvalue weighted by atomic mass is 19.1. The molecule has 2 aromatic carbocycles. The van der Waals surface area contributed by atoms with Gasteiger partial charge in [-0.05, 0) is 48.0 Å². The van der Waals surface area contributed by atoms with Gasteiger partial charge in [0.1, 0.15) is 11.6 Å². The number of carbonyl (C=O) groups is 1. The Morgan fingerprint density at radius 1 is 0.971 bits per heavy atom. The van der Waals surface area contributed by atoms with Crippen molar-refractivity contribution in [2.75, 3.05) is 31.2 Å². The van der Waals surface area contributed by atoms with Gasteiger partial charge in [-0.3, -0.25) is 4.79 Å². The minimum absolute atomic E-state index is 0.241. The SMILES string of the molecule is O=C(NCc1ccc(N2CCOCC2)nc1)c1ccccc1-c1ncc(-c2ccc(F)cc2)o1. The third kappa shape index (κ3) is 4.82. The van der Waals surface area contributed by atoms with E-state index in [1.165, 1.54) is 12.1 Å². The molecule has 0 unspecified atom stereocenters. The summed E-state index contributed by atoms with van der Waals surface area (Å²) in [6.07, 6.45) is 3.35. The van der Waals surface area contributed by atoms with E-state index < -0.39 is 0 Å². The highest BCUT2D eigenvalue weighted by Crippen LogP contribution is 2.28. The Morgan fingerprint density at radius 3 is 2.53 bits per heavy atom. The van der Waals surface area contributed by atoms with Gasteiger partial charge in [-0.2, -0.15) is 0 Å². The Morgan fingerprint density at radius 2 is 1.76 bits per heavy atom. The molecule has 5 rings (SSSR count). The maximum Gasteiger partial charge on any atom is 0.252 e. The Balaban J connectivity index is 1.28. The predicted octanol–water partition coefficient (Wildman–Crippen LogP) is 4.31. The number of benzene rings is 2. The minimum atomic E-state index is -0.323. The van der Waals surface area contributed by atoms with Gasteiger partial charge in [-0.1, -0.05) is 18.2 Å². The lowest BCUT2D eigenvalue weighted by molar-refractivity contribution is 0.0951. The number of pyridine rings is 1. The Labute approximate surface area is 196 Å². The van der Waals surface area contributed by atoms with E-state index in [-0.39, 0.29) is 11.7 Å². The van der Waals surface area contributed by atoms with E-state index in [9.17, 15) is 9.18 Å². The number of oxazole rings is 1. The van der Waals surface area contributed by atoms with E-state index in [0.29, 0.717) is 48.1 Å². The predicted molar refractivity (Wildman–Crippen MR) is 126 cm³/mol. The number of morpholine rings is 1. The van der Waals surface area contributed by atoms with Crippen LogP contribution in [-0.2, 0) is 11.3 Å². The van der Waals surface area contributed by atoms with E-state index in [1.54, 1.807) is 42.7 Å². The number of rotatable bonds is 6. The van der Waals surface area contributed by atoms with Gasteiger partial charge < -0.3 is 19.4 Å². The Kier molecular flexibility index (Phi) is 6.31. The van der Waals surface area contributed by atoms with E-state index in [4.69, 9.17) is 9.15 Å². The monoisotopic (exact) mass is 458 g/mol. The van der Waals surface area contributed by atoms with Crippen LogP contribution >= 0.6 is 0 Å². The van der Waals surface area contributed by atoms with Crippen molar-refractivity contribution in [1.29, 1.82) is 0 Å². The number of anilines is 1. The summed E-state index contributed by atoms with van der Waals surface area (Å²) in [5.41, 5.74) is 2.63. The molecule has 2 aromatic heterocycles. The Hall–Kier alpha value is -4.04. The third-order valence-corrected chi connectivity index (χ3v) is 5.63. The summed E-state index contributed by atoms with van der Waals surface area (Å²) in [4.78, 5) is 24.0. The number of hydrogen-bond donors (Lipinski definition) is 1. The van der Waals surface area contributed by atoms with E-state index in [2.05, 4.69) is 20.2 Å². The quantitative estimate of drug-likeness (QED) is 0.464. The summed E-state index contributed by atoms with van der Waals surface area (Å²) >= 11 is 0. The van der Waals surface area contributed by atoms with Crippen LogP contribution in [0.4, 0.5) is 10.2 Å². The molecule has 34 heavy (non-hydrogen) atoms. The van der Waals surface area contributed by atoms with Crippen molar-refractivity contribution in [3.05, 3.63) is 90.0 Å². The normalized spacial score (nSPS) is 13.6. The average molecular weight is 458 g/mol. The number of nitrogens with zero attached hydrogens (tertiary/aromatic N) is 3. The average Bonchev–Trinajstić information content (AvgIpc) is 3.39. The largest absolute Gasteiger partial charge is 0.436 e. The molecule has 1 aliphatic heterocycles. The summed E-state index contributed by atoms with van der Waals surface area (Å²) in [6.45, 7) is 3.40. The highest BCUT2D eigenvalue weighted by Gasteiger charge is 2.17. The summed E-state index contributed by atoms with van der Waals surface area (Å²) in [7, 11) is 0. The fraction of sp³-hybridized carbons (Fsp3) is 0.192. The van der Waals surface area contributed by atoms with Crippen molar-refractivity contribution in [2.45, 2.75) is 6.54 Å². The first-order valence-electron chi connectivity index (χ1n) is 11.0. The van der Waals surface area contributed by atoms with Crippen LogP contribution in [0.3, 0.4) is 0 Å². The van der Waals surface area contributed by atoms with Crippen LogP contribution in [0, 0.1) is 5.82 Å². The van der Waals surface area contributed by atoms with Crippen LogP contribution in [-0.4, -0.2) is 42.2 Å². The number of carbonyl (C=O) groups excluding carboxylic acids is 1. The summed E-state index contributed by atoms with van der Waals surface area (Å²) < 4.78 is 24.5. The molecule has 8 heteroatoms. The lowest BCUT2D eigenvalue weighted by Crippen LogP contribution is -2.36. The number of nitrogens with one attached hydrogen (secondary N) is 1. The van der Waals surface area contributed by atoms with Gasteiger partial charge in [0.05, 0.1) is 25.0 Å². The Bertz CT molecular complexity index is 1270. The van der Waals surface area contributed by atoms with Crippen molar-refractivity contribution in [3.8, 4) is 22.8 Å². The molecule has 1 aliphatic rings. The molecule has 0 bridgehead atoms. The van der Waals surface area contributed by atoms with Gasteiger partial charge in [0.2, 0.25) is 5.89 Å². The zero-order valence-corrected chi connectivity index (χ0v) is 18.4. The van der Waals surface area contributed by atoms with Gasteiger partial charge in [-0.25, -0.2) is 14.4 Å². The first-order chi connectivity index (χ1) is 16.7. The van der Waals surface area contributed by atoms with E-state index in [1.807, 2.05) is 18.2 Å². The molecule has 1 saturated heterocycles. The molecule has 3 heterocycles. The van der Waals surface area contributed by atoms with Crippen LogP contribution in [0.25, 0.3) is 22.8 Å². The zero-order chi connectivity index (χ0) is 23.3. The molecule has 172 valence electrons. The van der Waals surface area contributed by atoms with Crippen LogP contribution in [0.15, 0.2) is 77.5 Å². The summed E-state index contributed by atoms with van der Waals surface area (Å²) in [6, 6.07) is 17.0. The van der Waals surface area contributed by atoms with Crippen LogP contribution in [0.5, 0.6) is 0 Å². The van der Waals surface area contributed by atoms with Crippen molar-refractivity contribution in [3.63, 3.8) is 0 Å². The van der Waals surface area contributed by atoms with Crippen LogP contribution in [0.1, 0.15) is 15.9 Å². The van der Waals surface area contributed by atoms with Gasteiger partial charge in [0.15, 0.2) is 5.76 Å². The molecular formula is C26H23FN4O3. The van der Waals surface area contributed by atoms with Crippen LogP contribution < -0.4 is 10.2 Å². The molecule has 0 saturated carbocycles. The van der Waals surface area contributed by atoms with Crippen molar-refractivity contribution < 1.29 is 18.3 Å². The number of hydrogen-bond acceptors (Lipinski definition) is 6. The van der Waals surface area contributed by atoms with Gasteiger partial charge in [0, 0.05) is 37.0 Å². The molecular weight excluding hydrogens is 435 g/mol. The van der Waals surface area contributed by atoms with Gasteiger partial charge >= 0.3 is 0 Å². The van der Waals surface area contributed by atoms with Crippen LogP contribution in [0.2, 0.25) is 0 Å². The second-order valence-corrected chi connectivity index (χ2v) is 7.89. The number of amides is 1.